The summed E-state index contributed by atoms with van der Waals surface area (Å²) >= 11 is 0. The SMILES string of the molecule is COc1cccc(C(=O)Nc2c3c(nn2-c2ccc(C)cc2)C[S@@](=O)C3)c1. The molecule has 1 aliphatic heterocycles. The zero-order valence-electron chi connectivity index (χ0n) is 15.1. The van der Waals surface area contributed by atoms with Gasteiger partial charge in [-0.3, -0.25) is 9.00 Å². The lowest BCUT2D eigenvalue weighted by molar-refractivity contribution is 0.102. The largest absolute Gasteiger partial charge is 0.497 e. The maximum absolute atomic E-state index is 12.8. The maximum atomic E-state index is 12.8. The van der Waals surface area contributed by atoms with Gasteiger partial charge in [-0.15, -0.1) is 0 Å². The van der Waals surface area contributed by atoms with E-state index in [4.69, 9.17) is 4.74 Å². The number of hydrogen-bond donors (Lipinski definition) is 1. The molecule has 0 aliphatic carbocycles. The molecule has 3 aromatic rings. The van der Waals surface area contributed by atoms with E-state index in [9.17, 15) is 9.00 Å². The number of ether oxygens (including phenoxy) is 1. The molecule has 138 valence electrons. The average molecular weight is 381 g/mol. The Bertz CT molecular complexity index is 1040. The molecular formula is C20H19N3O3S. The van der Waals surface area contributed by atoms with Gasteiger partial charge in [-0.05, 0) is 37.3 Å². The van der Waals surface area contributed by atoms with Gasteiger partial charge in [0.25, 0.3) is 5.91 Å². The summed E-state index contributed by atoms with van der Waals surface area (Å²) in [5.41, 5.74) is 4.09. The van der Waals surface area contributed by atoms with Crippen molar-refractivity contribution in [3.8, 4) is 11.4 Å². The Hall–Kier alpha value is -2.93. The summed E-state index contributed by atoms with van der Waals surface area (Å²) in [4.78, 5) is 12.8. The van der Waals surface area contributed by atoms with Crippen molar-refractivity contribution in [2.45, 2.75) is 18.4 Å². The molecule has 0 spiro atoms. The molecular weight excluding hydrogens is 362 g/mol. The number of carbonyl (C=O) groups excluding carboxylic acids is 1. The molecule has 0 fully saturated rings. The molecule has 2 aromatic carbocycles. The molecule has 27 heavy (non-hydrogen) atoms. The standard InChI is InChI=1S/C20H19N3O3S/c1-13-6-8-15(9-7-13)23-19(17-11-27(25)12-18(17)22-23)21-20(24)14-4-3-5-16(10-14)26-2/h3-10H,11-12H2,1-2H3,(H,21,24)/t27-/m0/s1. The van der Waals surface area contributed by atoms with Gasteiger partial charge in [0.1, 0.15) is 11.6 Å². The maximum Gasteiger partial charge on any atom is 0.256 e. The Kier molecular flexibility index (Phi) is 4.53. The molecule has 0 bridgehead atoms. The number of methoxy groups -OCH3 is 1. The van der Waals surface area contributed by atoms with Gasteiger partial charge in [-0.1, -0.05) is 23.8 Å². The minimum absolute atomic E-state index is 0.261. The number of anilines is 1. The van der Waals surface area contributed by atoms with E-state index in [1.807, 2.05) is 31.2 Å². The van der Waals surface area contributed by atoms with Gasteiger partial charge >= 0.3 is 0 Å². The second-order valence-corrected chi connectivity index (χ2v) is 7.89. The van der Waals surface area contributed by atoms with E-state index in [0.717, 1.165) is 22.5 Å². The summed E-state index contributed by atoms with van der Waals surface area (Å²) in [5, 5.41) is 7.57. The zero-order valence-corrected chi connectivity index (χ0v) is 15.9. The topological polar surface area (TPSA) is 73.2 Å². The first-order valence-corrected chi connectivity index (χ1v) is 10.0. The fraction of sp³-hybridized carbons (Fsp3) is 0.200. The molecule has 0 saturated carbocycles. The molecule has 1 aromatic heterocycles. The van der Waals surface area contributed by atoms with Crippen LogP contribution in [0.5, 0.6) is 5.75 Å². The summed E-state index contributed by atoms with van der Waals surface area (Å²) in [7, 11) is 0.583. The highest BCUT2D eigenvalue weighted by atomic mass is 32.2. The lowest BCUT2D eigenvalue weighted by Crippen LogP contribution is -2.16. The van der Waals surface area contributed by atoms with Gasteiger partial charge in [0.15, 0.2) is 0 Å². The fourth-order valence-electron chi connectivity index (χ4n) is 3.07. The van der Waals surface area contributed by atoms with Crippen molar-refractivity contribution < 1.29 is 13.7 Å². The second kappa shape index (κ2) is 7.00. The average Bonchev–Trinajstić information content (AvgIpc) is 3.19. The number of aryl methyl sites for hydroxylation is 1. The van der Waals surface area contributed by atoms with Crippen LogP contribution in [0, 0.1) is 6.92 Å². The fourth-order valence-corrected chi connectivity index (χ4v) is 4.34. The molecule has 1 aliphatic rings. The first kappa shape index (κ1) is 17.5. The van der Waals surface area contributed by atoms with Crippen LogP contribution in [0.1, 0.15) is 27.2 Å². The van der Waals surface area contributed by atoms with Gasteiger partial charge in [-0.2, -0.15) is 5.10 Å². The van der Waals surface area contributed by atoms with Crippen LogP contribution in [-0.4, -0.2) is 27.0 Å². The van der Waals surface area contributed by atoms with Crippen molar-refractivity contribution in [3.63, 3.8) is 0 Å². The van der Waals surface area contributed by atoms with E-state index >= 15 is 0 Å². The molecule has 0 radical (unpaired) electrons. The minimum atomic E-state index is -0.978. The Morgan fingerprint density at radius 3 is 2.70 bits per heavy atom. The van der Waals surface area contributed by atoms with Gasteiger partial charge < -0.3 is 10.1 Å². The lowest BCUT2D eigenvalue weighted by Gasteiger charge is -2.12. The lowest BCUT2D eigenvalue weighted by atomic mass is 10.2. The molecule has 1 N–H and O–H groups in total. The third-order valence-electron chi connectivity index (χ3n) is 4.51. The second-order valence-electron chi connectivity index (χ2n) is 6.44. The number of nitrogens with zero attached hydrogens (tertiary/aromatic N) is 2. The van der Waals surface area contributed by atoms with Crippen LogP contribution in [-0.2, 0) is 22.3 Å². The highest BCUT2D eigenvalue weighted by Gasteiger charge is 2.28. The van der Waals surface area contributed by atoms with Crippen LogP contribution in [0.3, 0.4) is 0 Å². The van der Waals surface area contributed by atoms with Gasteiger partial charge in [0.05, 0.1) is 30.0 Å². The molecule has 2 heterocycles. The van der Waals surface area contributed by atoms with Crippen LogP contribution in [0.25, 0.3) is 5.69 Å². The van der Waals surface area contributed by atoms with E-state index < -0.39 is 10.8 Å². The summed E-state index contributed by atoms with van der Waals surface area (Å²) in [6, 6.07) is 14.9. The summed E-state index contributed by atoms with van der Waals surface area (Å²) < 4.78 is 18.9. The predicted molar refractivity (Wildman–Crippen MR) is 105 cm³/mol. The molecule has 1 amide bonds. The normalized spacial score (nSPS) is 15.4. The monoisotopic (exact) mass is 381 g/mol. The highest BCUT2D eigenvalue weighted by Crippen LogP contribution is 2.31. The Morgan fingerprint density at radius 2 is 1.96 bits per heavy atom. The molecule has 4 rings (SSSR count). The van der Waals surface area contributed by atoms with Crippen LogP contribution in [0.15, 0.2) is 48.5 Å². The number of fused-ring (bicyclic) bond motifs is 1. The van der Waals surface area contributed by atoms with Crippen molar-refractivity contribution in [1.29, 1.82) is 0 Å². The summed E-state index contributed by atoms with van der Waals surface area (Å²) in [5.74, 6) is 1.74. The highest BCUT2D eigenvalue weighted by molar-refractivity contribution is 7.83. The van der Waals surface area contributed by atoms with Crippen molar-refractivity contribution in [2.75, 3.05) is 12.4 Å². The van der Waals surface area contributed by atoms with Gasteiger partial charge in [0.2, 0.25) is 0 Å². The van der Waals surface area contributed by atoms with Crippen LogP contribution in [0.4, 0.5) is 5.82 Å². The van der Waals surface area contributed by atoms with E-state index in [1.54, 1.807) is 36.1 Å². The Balaban J connectivity index is 1.73. The number of carbonyl (C=O) groups is 1. The summed E-state index contributed by atoms with van der Waals surface area (Å²) in [6.07, 6.45) is 0. The van der Waals surface area contributed by atoms with Crippen molar-refractivity contribution in [1.82, 2.24) is 9.78 Å². The van der Waals surface area contributed by atoms with Crippen molar-refractivity contribution in [3.05, 3.63) is 70.9 Å². The first-order chi connectivity index (χ1) is 13.0. The smallest absolute Gasteiger partial charge is 0.256 e. The Labute approximate surface area is 159 Å². The first-order valence-electron chi connectivity index (χ1n) is 8.53. The third-order valence-corrected chi connectivity index (χ3v) is 5.72. The van der Waals surface area contributed by atoms with E-state index in [2.05, 4.69) is 10.4 Å². The third kappa shape index (κ3) is 3.38. The molecule has 6 nitrogen and oxygen atoms in total. The van der Waals surface area contributed by atoms with E-state index in [0.29, 0.717) is 28.6 Å². The summed E-state index contributed by atoms with van der Waals surface area (Å²) in [6.45, 7) is 2.02. The molecule has 0 saturated heterocycles. The molecule has 1 atom stereocenters. The van der Waals surface area contributed by atoms with Gasteiger partial charge in [0, 0.05) is 21.9 Å². The van der Waals surface area contributed by atoms with Crippen LogP contribution in [0.2, 0.25) is 0 Å². The molecule has 7 heteroatoms. The van der Waals surface area contributed by atoms with Gasteiger partial charge in [-0.25, -0.2) is 4.68 Å². The number of aromatic nitrogens is 2. The van der Waals surface area contributed by atoms with E-state index in [-0.39, 0.29) is 5.91 Å². The van der Waals surface area contributed by atoms with Crippen molar-refractivity contribution >= 4 is 22.5 Å². The van der Waals surface area contributed by atoms with Crippen LogP contribution >= 0.6 is 0 Å². The molecule has 0 unspecified atom stereocenters. The zero-order chi connectivity index (χ0) is 19.0. The Morgan fingerprint density at radius 1 is 1.19 bits per heavy atom. The number of benzene rings is 2. The van der Waals surface area contributed by atoms with E-state index in [1.165, 1.54) is 0 Å². The van der Waals surface area contributed by atoms with Crippen LogP contribution < -0.4 is 10.1 Å². The number of rotatable bonds is 4. The quantitative estimate of drug-likeness (QED) is 0.753. The minimum Gasteiger partial charge on any atom is -0.497 e. The number of amides is 1. The predicted octanol–water partition coefficient (Wildman–Crippen LogP) is 3.20. The van der Waals surface area contributed by atoms with Crippen molar-refractivity contribution in [2.24, 2.45) is 0 Å². The number of hydrogen-bond acceptors (Lipinski definition) is 4. The number of nitrogens with one attached hydrogen (secondary N) is 1.